The highest BCUT2D eigenvalue weighted by atomic mass is 16.7. The lowest BCUT2D eigenvalue weighted by atomic mass is 9.43. The van der Waals surface area contributed by atoms with E-state index < -0.39 is 42.3 Å². The van der Waals surface area contributed by atoms with Crippen LogP contribution in [0.5, 0.6) is 0 Å². The normalized spacial score (nSPS) is 51.2. The quantitative estimate of drug-likeness (QED) is 0.373. The minimum absolute atomic E-state index is 0.0488. The number of aliphatic hydroxyl groups is 2. The van der Waals surface area contributed by atoms with Gasteiger partial charge < -0.3 is 33.9 Å². The summed E-state index contributed by atoms with van der Waals surface area (Å²) in [5, 5.41) is 23.1. The third-order valence-electron chi connectivity index (χ3n) is 12.6. The van der Waals surface area contributed by atoms with Crippen LogP contribution in [0.2, 0.25) is 0 Å². The Bertz CT molecular complexity index is 1080. The van der Waals surface area contributed by atoms with Crippen molar-refractivity contribution in [1.29, 1.82) is 0 Å². The SMILES string of the molecule is CO[C@H]1[C@H](O)[C@H](C)O[C@@H](O[C@H]2CC[C@@]3(C)[C@@H](CC[C@H]4[C@H]3CC[C@]3(C)[C@H](C5=CC(=O)OC5)CC[C@]43O)C2)[C@@H]1OC(C)=O. The van der Waals surface area contributed by atoms with E-state index in [1.165, 1.54) is 14.0 Å². The molecular weight excluding hydrogens is 528 g/mol. The molecule has 6 rings (SSSR count). The Morgan fingerprint density at radius 2 is 1.83 bits per heavy atom. The summed E-state index contributed by atoms with van der Waals surface area (Å²) in [5.74, 6) is 0.650. The lowest BCUT2D eigenvalue weighted by molar-refractivity contribution is -0.315. The maximum Gasteiger partial charge on any atom is 0.331 e. The van der Waals surface area contributed by atoms with E-state index in [0.717, 1.165) is 63.4 Å². The van der Waals surface area contributed by atoms with Gasteiger partial charge in [-0.3, -0.25) is 4.79 Å². The summed E-state index contributed by atoms with van der Waals surface area (Å²) in [6.45, 7) is 8.19. The molecule has 0 unspecified atom stereocenters. The van der Waals surface area contributed by atoms with Crippen LogP contribution in [0.15, 0.2) is 11.6 Å². The molecule has 4 aliphatic carbocycles. The lowest BCUT2D eigenvalue weighted by Gasteiger charge is -2.64. The van der Waals surface area contributed by atoms with Gasteiger partial charge in [0.05, 0.1) is 17.8 Å². The van der Waals surface area contributed by atoms with Crippen LogP contribution in [0.1, 0.15) is 85.5 Å². The Morgan fingerprint density at radius 3 is 2.51 bits per heavy atom. The summed E-state index contributed by atoms with van der Waals surface area (Å²) in [5.41, 5.74) is 0.221. The molecule has 6 aliphatic rings. The molecule has 230 valence electrons. The number of hydrogen-bond donors (Lipinski definition) is 2. The summed E-state index contributed by atoms with van der Waals surface area (Å²) in [6.07, 6.45) is 6.35. The van der Waals surface area contributed by atoms with Gasteiger partial charge in [0.2, 0.25) is 0 Å². The largest absolute Gasteiger partial charge is 0.458 e. The van der Waals surface area contributed by atoms with E-state index >= 15 is 0 Å². The van der Waals surface area contributed by atoms with Gasteiger partial charge in [0.15, 0.2) is 12.4 Å². The summed E-state index contributed by atoms with van der Waals surface area (Å²) >= 11 is 0. The molecule has 41 heavy (non-hydrogen) atoms. The minimum atomic E-state index is -0.926. The molecule has 0 aromatic heterocycles. The number of hydrogen-bond acceptors (Lipinski definition) is 9. The molecule has 2 N–H and O–H groups in total. The van der Waals surface area contributed by atoms with Crippen LogP contribution in [-0.2, 0) is 33.3 Å². The van der Waals surface area contributed by atoms with E-state index in [1.807, 2.05) is 0 Å². The van der Waals surface area contributed by atoms with Crippen molar-refractivity contribution in [2.45, 2.75) is 128 Å². The van der Waals surface area contributed by atoms with Crippen molar-refractivity contribution in [2.75, 3.05) is 13.7 Å². The first-order valence-electron chi connectivity index (χ1n) is 15.7. The molecule has 2 heterocycles. The second-order valence-electron chi connectivity index (χ2n) is 14.3. The molecular formula is C32H48O9. The number of esters is 2. The predicted molar refractivity (Wildman–Crippen MR) is 147 cm³/mol. The van der Waals surface area contributed by atoms with E-state index in [0.29, 0.717) is 18.4 Å². The average molecular weight is 577 g/mol. The highest BCUT2D eigenvalue weighted by molar-refractivity contribution is 5.85. The Kier molecular flexibility index (Phi) is 7.62. The molecule has 9 heteroatoms. The monoisotopic (exact) mass is 576 g/mol. The summed E-state index contributed by atoms with van der Waals surface area (Å²) in [4.78, 5) is 23.7. The molecule has 2 aliphatic heterocycles. The number of ether oxygens (including phenoxy) is 5. The van der Waals surface area contributed by atoms with Crippen LogP contribution in [0.3, 0.4) is 0 Å². The number of rotatable bonds is 5. The molecule has 0 aromatic rings. The third-order valence-corrected chi connectivity index (χ3v) is 12.6. The van der Waals surface area contributed by atoms with Crippen molar-refractivity contribution >= 4 is 11.9 Å². The van der Waals surface area contributed by atoms with Crippen molar-refractivity contribution in [1.82, 2.24) is 0 Å². The van der Waals surface area contributed by atoms with Crippen LogP contribution in [0, 0.1) is 34.5 Å². The molecule has 0 spiro atoms. The van der Waals surface area contributed by atoms with Crippen molar-refractivity contribution < 1.29 is 43.5 Å². The van der Waals surface area contributed by atoms with Crippen LogP contribution >= 0.6 is 0 Å². The molecule has 5 fully saturated rings. The number of carbonyl (C=O) groups excluding carboxylic acids is 2. The Labute approximate surface area is 243 Å². The molecule has 13 atom stereocenters. The second kappa shape index (κ2) is 10.6. The lowest BCUT2D eigenvalue weighted by Crippen LogP contribution is -2.63. The van der Waals surface area contributed by atoms with Crippen molar-refractivity contribution in [2.24, 2.45) is 34.5 Å². The summed E-state index contributed by atoms with van der Waals surface area (Å²) in [7, 11) is 1.50. The Balaban J connectivity index is 1.16. The summed E-state index contributed by atoms with van der Waals surface area (Å²) < 4.78 is 28.9. The first kappa shape index (κ1) is 29.5. The number of carbonyl (C=O) groups is 2. The number of aliphatic hydroxyl groups excluding tert-OH is 1. The zero-order valence-corrected chi connectivity index (χ0v) is 25.2. The zero-order chi connectivity index (χ0) is 29.3. The van der Waals surface area contributed by atoms with Crippen LogP contribution in [0.25, 0.3) is 0 Å². The van der Waals surface area contributed by atoms with Gasteiger partial charge in [-0.2, -0.15) is 0 Å². The first-order valence-corrected chi connectivity index (χ1v) is 15.7. The van der Waals surface area contributed by atoms with E-state index in [1.54, 1.807) is 13.0 Å². The van der Waals surface area contributed by atoms with E-state index in [2.05, 4.69) is 13.8 Å². The number of methoxy groups -OCH3 is 1. The van der Waals surface area contributed by atoms with Gasteiger partial charge >= 0.3 is 11.9 Å². The van der Waals surface area contributed by atoms with Gasteiger partial charge in [-0.15, -0.1) is 0 Å². The average Bonchev–Trinajstić information content (AvgIpc) is 3.46. The minimum Gasteiger partial charge on any atom is -0.458 e. The standard InChI is InChI=1S/C32H48O9/c1-17-26(35)27(37-5)28(40-18(2)33)29(39-17)41-21-8-11-30(3)20(15-21)6-7-24-23(30)9-12-31(4)22(10-13-32(24,31)36)19-14-25(34)38-16-19/h14,17,20-24,26-29,35-36H,6-13,15-16H2,1-5H3/t17-,20-,21-,22-,23+,24-,26+,27-,28+,29-,30-,31+,32-/m0/s1. The maximum atomic E-state index is 12.5. The Morgan fingerprint density at radius 1 is 1.05 bits per heavy atom. The Hall–Kier alpha value is -1.52. The second-order valence-corrected chi connectivity index (χ2v) is 14.3. The molecule has 0 aromatic carbocycles. The van der Waals surface area contributed by atoms with E-state index in [4.69, 9.17) is 23.7 Å². The molecule has 0 radical (unpaired) electrons. The van der Waals surface area contributed by atoms with Crippen molar-refractivity contribution in [3.05, 3.63) is 11.6 Å². The fraction of sp³-hybridized carbons (Fsp3) is 0.875. The van der Waals surface area contributed by atoms with Gasteiger partial charge in [0, 0.05) is 25.5 Å². The van der Waals surface area contributed by atoms with Gasteiger partial charge in [-0.05, 0) is 99.4 Å². The van der Waals surface area contributed by atoms with Gasteiger partial charge in [0.25, 0.3) is 0 Å². The fourth-order valence-corrected chi connectivity index (χ4v) is 10.4. The predicted octanol–water partition coefficient (Wildman–Crippen LogP) is 3.68. The van der Waals surface area contributed by atoms with Crippen LogP contribution < -0.4 is 0 Å². The molecule has 4 saturated carbocycles. The third kappa shape index (κ3) is 4.60. The fourth-order valence-electron chi connectivity index (χ4n) is 10.4. The first-order chi connectivity index (χ1) is 19.4. The van der Waals surface area contributed by atoms with E-state index in [-0.39, 0.29) is 34.7 Å². The van der Waals surface area contributed by atoms with Gasteiger partial charge in [-0.1, -0.05) is 13.8 Å². The summed E-state index contributed by atoms with van der Waals surface area (Å²) in [6, 6.07) is 0. The highest BCUT2D eigenvalue weighted by Crippen LogP contribution is 2.70. The topological polar surface area (TPSA) is 121 Å². The van der Waals surface area contributed by atoms with Crippen molar-refractivity contribution in [3.63, 3.8) is 0 Å². The van der Waals surface area contributed by atoms with Gasteiger partial charge in [-0.25, -0.2) is 4.79 Å². The van der Waals surface area contributed by atoms with E-state index in [9.17, 15) is 19.8 Å². The molecule has 0 bridgehead atoms. The van der Waals surface area contributed by atoms with Crippen LogP contribution in [0.4, 0.5) is 0 Å². The number of fused-ring (bicyclic) bond motifs is 5. The molecule has 1 saturated heterocycles. The number of cyclic esters (lactones) is 1. The zero-order valence-electron chi connectivity index (χ0n) is 25.2. The van der Waals surface area contributed by atoms with Crippen molar-refractivity contribution in [3.8, 4) is 0 Å². The molecule has 9 nitrogen and oxygen atoms in total. The van der Waals surface area contributed by atoms with Crippen LogP contribution in [-0.4, -0.2) is 78.3 Å². The maximum absolute atomic E-state index is 12.5. The molecule has 0 amide bonds. The van der Waals surface area contributed by atoms with Gasteiger partial charge in [0.1, 0.15) is 18.8 Å². The highest BCUT2D eigenvalue weighted by Gasteiger charge is 2.67. The smallest absolute Gasteiger partial charge is 0.331 e.